The first-order valence-electron chi connectivity index (χ1n) is 37.8. The molecule has 10 nitrogen and oxygen atoms in total. The van der Waals surface area contributed by atoms with E-state index >= 15 is 25.2 Å². The Morgan fingerprint density at radius 3 is 2.40 bits per heavy atom. The lowest BCUT2D eigenvalue weighted by Gasteiger charge is -2.79. The van der Waals surface area contributed by atoms with Crippen LogP contribution in [0.3, 0.4) is 0 Å². The second-order valence-corrected chi connectivity index (χ2v) is 35.4. The molecule has 10 heteroatoms. The van der Waals surface area contributed by atoms with Gasteiger partial charge in [0, 0.05) is 69.9 Å². The van der Waals surface area contributed by atoms with Gasteiger partial charge >= 0.3 is 5.97 Å². The van der Waals surface area contributed by atoms with E-state index in [2.05, 4.69) is 102 Å². The van der Waals surface area contributed by atoms with Crippen molar-refractivity contribution in [2.75, 3.05) is 7.05 Å². The summed E-state index contributed by atoms with van der Waals surface area (Å²) in [5, 5.41) is 78.1. The highest BCUT2D eigenvalue weighted by atomic mass is 16.5. The summed E-state index contributed by atoms with van der Waals surface area (Å²) in [6.45, 7) is -0.133. The summed E-state index contributed by atoms with van der Waals surface area (Å²) in [4.78, 5) is 31.3. The van der Waals surface area contributed by atoms with E-state index in [1.165, 1.54) is 29.4 Å². The smallest absolute Gasteiger partial charge is 0.331 e. The van der Waals surface area contributed by atoms with E-state index in [0.717, 1.165) is 112 Å². The van der Waals surface area contributed by atoms with Crippen molar-refractivity contribution >= 4 is 12.3 Å². The Bertz CT molecular complexity index is 3870. The van der Waals surface area contributed by atoms with Crippen molar-refractivity contribution in [3.05, 3.63) is 130 Å². The fourth-order valence-corrected chi connectivity index (χ4v) is 30.4. The van der Waals surface area contributed by atoms with Gasteiger partial charge in [0.1, 0.15) is 23.6 Å². The zero-order chi connectivity index (χ0) is 63.3. The van der Waals surface area contributed by atoms with Gasteiger partial charge in [-0.25, -0.2) is 4.79 Å². The number of aliphatic hydroxyl groups excluding tert-OH is 2. The highest BCUT2D eigenvalue weighted by molar-refractivity contribution is 5.86. The Labute approximate surface area is 555 Å². The summed E-state index contributed by atoms with van der Waals surface area (Å²) < 4.78 is 15.1. The van der Waals surface area contributed by atoms with Crippen LogP contribution in [0.2, 0.25) is 0 Å². The largest absolute Gasteiger partial charge is 0.454 e. The molecule has 15 aliphatic carbocycles. The minimum absolute atomic E-state index is 0.0544. The standard InChI is InChI=1S/C84H97NO9/c1-85-69-38-61-51(15-8-18-55(61)43-86)23-28-77(26-5-6-27-77)44-79-41-54-17-10-20-59-58(50-13-3-2-4-14-50)24-29-78-30-25-60-66(40-65(59)78)81(78)45-80(46-87)74(54)84(92,82(79,90)42-56-35-63(69)73-64(72(56)79)39-71(88)94-73)75(89)67-37-62-52-16-9-19-57(62)53-22-21-49(33-53)32-47-11-7-12-48(31-47)34-70(60)93-76(81)68(36-52)83(67,80)91/h2-4,7-9,11-16,18,31,39,46,49,52-54,56-60,62-63,65-70,72-76,85-86,89-92H,5-6,19-22,24-27,29-30,32-38,40-45H2,1H3/t49-,52+,53-,54+,56-,57+,58+,59+,60-,62-,63-,65+,66+,67+,68-,69-,70+,72+,73+,74+,75-,76+,78+,79-,80-,81+,82+,83-,84+/m0/s1. The topological polar surface area (TPSA) is 166 Å². The molecule has 6 N–H and O–H groups in total. The zero-order valence-corrected chi connectivity index (χ0v) is 55.0. The number of carbonyl (C=O) groups is 2. The van der Waals surface area contributed by atoms with Crippen LogP contribution in [-0.2, 0) is 44.9 Å². The molecule has 4 spiro atoms. The number of hydrogen-bond donors (Lipinski definition) is 6. The van der Waals surface area contributed by atoms with Gasteiger partial charge in [-0.3, -0.25) is 0 Å². The lowest BCUT2D eigenvalue weighted by atomic mass is 9.28. The number of hydrogen-bond acceptors (Lipinski definition) is 10. The predicted octanol–water partition coefficient (Wildman–Crippen LogP) is 11.3. The molecule has 0 aromatic heterocycles. The van der Waals surface area contributed by atoms with E-state index in [-0.39, 0.29) is 95.7 Å². The van der Waals surface area contributed by atoms with E-state index in [1.54, 1.807) is 6.08 Å². The van der Waals surface area contributed by atoms with Crippen molar-refractivity contribution in [3.63, 3.8) is 0 Å². The Balaban J connectivity index is 0.866. The molecule has 21 bridgehead atoms. The molecule has 0 unspecified atom stereocenters. The minimum atomic E-state index is -2.36. The normalized spacial score (nSPS) is 51.5. The first kappa shape index (κ1) is 59.2. The molecule has 29 atom stereocenters. The van der Waals surface area contributed by atoms with Gasteiger partial charge in [-0.2, -0.15) is 0 Å². The SMILES string of the molecule is CN[C@H]1Cc2c(cccc2CO)C#CC2(CCCC2)C[C@]23C[C@H]4C#CC[C@@H]5[C@@H](c6ccccc6)CC[C@@]67CC[C@H]8[C@@H](C[C@H]56)[C@@]75C[C@]6(C=O)[C@@H]4[C@@](O)([C@@H](O)[C@H]4C[C@@H]7[C@@H]9CC=C[C@@H]7C[C@@H]([C@H]5O[C@@H]8Cc5cccc(c5)C[C@@H]5CC[C@H]9C5)[C@@]46O)[C@@]2(O)C[C@@H]2C[C@@H]1[C@H]1OC(=O)C=C1[C@@H]23. The van der Waals surface area contributed by atoms with Crippen molar-refractivity contribution in [2.45, 2.75) is 214 Å². The second kappa shape index (κ2) is 20.4. The van der Waals surface area contributed by atoms with Gasteiger partial charge in [0.25, 0.3) is 0 Å². The number of benzene rings is 3. The summed E-state index contributed by atoms with van der Waals surface area (Å²) >= 11 is 0. The highest BCUT2D eigenvalue weighted by Gasteiger charge is 2.91. The quantitative estimate of drug-likeness (QED) is 0.0641. The van der Waals surface area contributed by atoms with Crippen LogP contribution >= 0.6 is 0 Å². The molecule has 0 radical (unpaired) electrons. The molecule has 492 valence electrons. The van der Waals surface area contributed by atoms with E-state index in [9.17, 15) is 9.90 Å². The van der Waals surface area contributed by atoms with Crippen LogP contribution in [0.1, 0.15) is 174 Å². The lowest BCUT2D eigenvalue weighted by Crippen LogP contribution is -2.89. The number of allylic oxidation sites excluding steroid dienone is 2. The predicted molar refractivity (Wildman–Crippen MR) is 354 cm³/mol. The van der Waals surface area contributed by atoms with Gasteiger partial charge in [-0.15, -0.1) is 5.92 Å². The summed E-state index contributed by atoms with van der Waals surface area (Å²) in [5.41, 5.74) is -2.93. The Kier molecular flexibility index (Phi) is 12.8. The fraction of sp³-hybridized carbons (Fsp3) is 0.667. The molecule has 11 saturated carbocycles. The third kappa shape index (κ3) is 7.27. The number of rotatable bonds is 4. The minimum Gasteiger partial charge on any atom is -0.454 e. The molecule has 18 aliphatic rings. The maximum Gasteiger partial charge on any atom is 0.331 e. The van der Waals surface area contributed by atoms with Crippen LogP contribution in [-0.4, -0.2) is 92.1 Å². The van der Waals surface area contributed by atoms with Crippen LogP contribution in [0.25, 0.3) is 0 Å². The maximum absolute atomic E-state index is 16.7. The molecular formula is C84H97NO9. The number of aliphatic hydroxyl groups is 5. The highest BCUT2D eigenvalue weighted by Crippen LogP contribution is 2.87. The van der Waals surface area contributed by atoms with Gasteiger partial charge in [0.15, 0.2) is 0 Å². The van der Waals surface area contributed by atoms with Gasteiger partial charge in [0.05, 0.1) is 35.9 Å². The monoisotopic (exact) mass is 1260 g/mol. The second-order valence-electron chi connectivity index (χ2n) is 35.4. The molecule has 3 aliphatic heterocycles. The molecular weight excluding hydrogens is 1170 g/mol. The van der Waals surface area contributed by atoms with E-state index in [1.807, 2.05) is 19.2 Å². The number of esters is 1. The summed E-state index contributed by atoms with van der Waals surface area (Å²) in [5.74, 6) is 13.8. The van der Waals surface area contributed by atoms with Crippen LogP contribution in [0, 0.1) is 145 Å². The van der Waals surface area contributed by atoms with Gasteiger partial charge < -0.3 is 45.1 Å². The fourth-order valence-electron chi connectivity index (χ4n) is 30.4. The number of likely N-dealkylation sites (N-methyl/N-ethyl adjacent to an activating group) is 1. The number of carbonyl (C=O) groups excluding carboxylic acids is 2. The molecule has 94 heavy (non-hydrogen) atoms. The Morgan fingerprint density at radius 2 is 1.57 bits per heavy atom. The van der Waals surface area contributed by atoms with Crippen LogP contribution < -0.4 is 5.32 Å². The van der Waals surface area contributed by atoms with Crippen LogP contribution in [0.15, 0.2) is 96.6 Å². The molecule has 1 saturated heterocycles. The molecule has 21 rings (SSSR count). The number of fused-ring (bicyclic) bond motifs is 9. The number of nitrogens with one attached hydrogen (secondary N) is 1. The number of aldehydes is 1. The Morgan fingerprint density at radius 1 is 0.745 bits per heavy atom. The maximum atomic E-state index is 16.7. The van der Waals surface area contributed by atoms with Crippen LogP contribution in [0.4, 0.5) is 0 Å². The summed E-state index contributed by atoms with van der Waals surface area (Å²) in [6, 6.07) is 26.6. The molecule has 0 amide bonds. The third-order valence-corrected chi connectivity index (χ3v) is 33.0. The Hall–Kier alpha value is -4.88. The van der Waals surface area contributed by atoms with Crippen molar-refractivity contribution in [3.8, 4) is 23.7 Å². The summed E-state index contributed by atoms with van der Waals surface area (Å²) in [6.07, 6.45) is 23.9. The van der Waals surface area contributed by atoms with Gasteiger partial charge in [0.2, 0.25) is 0 Å². The third-order valence-electron chi connectivity index (χ3n) is 33.0. The summed E-state index contributed by atoms with van der Waals surface area (Å²) in [7, 11) is 1.98. The average Bonchev–Trinajstić information content (AvgIpc) is 1.25. The first-order chi connectivity index (χ1) is 45.7. The van der Waals surface area contributed by atoms with Gasteiger partial charge in [-0.05, 0) is 258 Å². The van der Waals surface area contributed by atoms with Crippen molar-refractivity contribution in [1.82, 2.24) is 5.32 Å². The van der Waals surface area contributed by atoms with Crippen molar-refractivity contribution in [2.24, 2.45) is 122 Å². The lowest BCUT2D eigenvalue weighted by molar-refractivity contribution is -0.410. The van der Waals surface area contributed by atoms with Crippen molar-refractivity contribution < 1.29 is 44.6 Å². The van der Waals surface area contributed by atoms with Crippen molar-refractivity contribution in [1.29, 1.82) is 0 Å². The first-order valence-corrected chi connectivity index (χ1v) is 37.8. The van der Waals surface area contributed by atoms with Gasteiger partial charge in [-0.1, -0.05) is 109 Å². The van der Waals surface area contributed by atoms with E-state index in [0.29, 0.717) is 63.2 Å². The van der Waals surface area contributed by atoms with E-state index in [4.69, 9.17) is 9.47 Å². The van der Waals surface area contributed by atoms with E-state index < -0.39 is 86.4 Å². The molecule has 3 aromatic rings. The molecule has 12 fully saturated rings. The zero-order valence-electron chi connectivity index (χ0n) is 55.0. The number of ether oxygens (including phenoxy) is 2. The van der Waals surface area contributed by atoms with Crippen LogP contribution in [0.5, 0.6) is 0 Å². The molecule has 3 aromatic carbocycles. The average molecular weight is 1260 g/mol. The molecule has 3 heterocycles.